The molecule has 0 unspecified atom stereocenters. The number of pyridine rings is 1. The summed E-state index contributed by atoms with van der Waals surface area (Å²) in [4.78, 5) is 11.6. The van der Waals surface area contributed by atoms with Gasteiger partial charge in [-0.25, -0.2) is 0 Å². The third-order valence-corrected chi connectivity index (χ3v) is 2.23. The van der Waals surface area contributed by atoms with E-state index < -0.39 is 0 Å². The number of ether oxygens (including phenoxy) is 1. The fourth-order valence-corrected chi connectivity index (χ4v) is 1.47. The van der Waals surface area contributed by atoms with E-state index >= 15 is 0 Å². The molecule has 0 fully saturated rings. The molecule has 2 N–H and O–H groups in total. The molecule has 0 spiro atoms. The van der Waals surface area contributed by atoms with Gasteiger partial charge < -0.3 is 10.5 Å². The normalized spacial score (nSPS) is 14.8. The van der Waals surface area contributed by atoms with Crippen molar-refractivity contribution in [1.29, 1.82) is 0 Å². The second kappa shape index (κ2) is 6.12. The second-order valence-electron chi connectivity index (χ2n) is 3.16. The van der Waals surface area contributed by atoms with Crippen LogP contribution in [-0.2, 0) is 4.74 Å². The van der Waals surface area contributed by atoms with Gasteiger partial charge >= 0.3 is 0 Å². The van der Waals surface area contributed by atoms with Crippen molar-refractivity contribution in [3.63, 3.8) is 0 Å². The lowest BCUT2D eigenvalue weighted by molar-refractivity contribution is 0.159. The zero-order valence-corrected chi connectivity index (χ0v) is 9.77. The Labute approximate surface area is 95.3 Å². The Bertz CT molecular complexity index is 421. The van der Waals surface area contributed by atoms with Gasteiger partial charge in [0.15, 0.2) is 0 Å². The Kier molecular flexibility index (Phi) is 4.79. The molecule has 1 aliphatic heterocycles. The molecule has 16 heavy (non-hydrogen) atoms. The number of aromatic nitrogens is 1. The minimum atomic E-state index is -0.152. The predicted molar refractivity (Wildman–Crippen MR) is 66.2 cm³/mol. The van der Waals surface area contributed by atoms with Crippen LogP contribution < -0.4 is 11.3 Å². The van der Waals surface area contributed by atoms with Crippen LogP contribution in [0, 0.1) is 0 Å². The zero-order chi connectivity index (χ0) is 12.0. The van der Waals surface area contributed by atoms with E-state index in [0.29, 0.717) is 13.2 Å². The fourth-order valence-electron chi connectivity index (χ4n) is 1.47. The molecule has 1 aromatic heterocycles. The van der Waals surface area contributed by atoms with Crippen LogP contribution >= 0.6 is 0 Å². The lowest BCUT2D eigenvalue weighted by atomic mass is 10.2. The largest absolute Gasteiger partial charge is 0.394 e. The van der Waals surface area contributed by atoms with Gasteiger partial charge in [-0.1, -0.05) is 13.8 Å². The monoisotopic (exact) mass is 222 g/mol. The first-order valence-electron chi connectivity index (χ1n) is 5.53. The van der Waals surface area contributed by atoms with E-state index in [1.165, 1.54) is 0 Å². The van der Waals surface area contributed by atoms with Gasteiger partial charge in [0.05, 0.1) is 18.9 Å². The molecule has 2 heterocycles. The molecule has 0 radical (unpaired) electrons. The Balaban J connectivity index is 0.000000606. The van der Waals surface area contributed by atoms with Crippen LogP contribution in [0.15, 0.2) is 29.2 Å². The summed E-state index contributed by atoms with van der Waals surface area (Å²) in [5.41, 5.74) is 6.63. The van der Waals surface area contributed by atoms with Crippen LogP contribution in [0.2, 0.25) is 0 Å². The Morgan fingerprint density at radius 3 is 2.81 bits per heavy atom. The highest BCUT2D eigenvalue weighted by Crippen LogP contribution is 2.11. The standard InChI is InChI=1S/C10H12N2O2.C2H6/c11-9-2-1-5-12(10(9)13)8-3-6-14-7-4-8;1-2/h1-3,5H,4,6-7,11H2;1-2H3. The van der Waals surface area contributed by atoms with Gasteiger partial charge in [-0.15, -0.1) is 0 Å². The van der Waals surface area contributed by atoms with E-state index in [0.717, 1.165) is 12.1 Å². The van der Waals surface area contributed by atoms with Crippen molar-refractivity contribution >= 4 is 11.4 Å². The van der Waals surface area contributed by atoms with Crippen molar-refractivity contribution in [1.82, 2.24) is 4.57 Å². The number of nitrogen functional groups attached to an aromatic ring is 1. The summed E-state index contributed by atoms with van der Waals surface area (Å²) in [6.07, 6.45) is 4.39. The molecule has 1 aromatic rings. The lowest BCUT2D eigenvalue weighted by Gasteiger charge is -2.15. The fraction of sp³-hybridized carbons (Fsp3) is 0.417. The Morgan fingerprint density at radius 1 is 1.44 bits per heavy atom. The van der Waals surface area contributed by atoms with Crippen molar-refractivity contribution in [2.24, 2.45) is 0 Å². The van der Waals surface area contributed by atoms with Crippen LogP contribution in [-0.4, -0.2) is 17.8 Å². The molecule has 2 rings (SSSR count). The van der Waals surface area contributed by atoms with Gasteiger partial charge in [0.1, 0.15) is 0 Å². The SMILES string of the molecule is CC.Nc1cccn(C2=CCOCC2)c1=O. The molecule has 0 amide bonds. The van der Waals surface area contributed by atoms with Crippen LogP contribution in [0.5, 0.6) is 0 Å². The van der Waals surface area contributed by atoms with Crippen molar-refractivity contribution < 1.29 is 4.74 Å². The minimum Gasteiger partial charge on any atom is -0.394 e. The van der Waals surface area contributed by atoms with Gasteiger partial charge in [0.25, 0.3) is 5.56 Å². The molecule has 0 aliphatic carbocycles. The Morgan fingerprint density at radius 2 is 2.19 bits per heavy atom. The van der Waals surface area contributed by atoms with Crippen molar-refractivity contribution in [2.45, 2.75) is 20.3 Å². The molecule has 0 atom stereocenters. The topological polar surface area (TPSA) is 57.2 Å². The zero-order valence-electron chi connectivity index (χ0n) is 9.77. The lowest BCUT2D eigenvalue weighted by Crippen LogP contribution is -2.23. The number of hydrogen-bond donors (Lipinski definition) is 1. The average molecular weight is 222 g/mol. The van der Waals surface area contributed by atoms with Crippen LogP contribution in [0.3, 0.4) is 0 Å². The molecular weight excluding hydrogens is 204 g/mol. The first-order chi connectivity index (χ1) is 7.79. The first kappa shape index (κ1) is 12.5. The molecule has 0 saturated carbocycles. The van der Waals surface area contributed by atoms with Crippen molar-refractivity contribution in [2.75, 3.05) is 18.9 Å². The number of rotatable bonds is 1. The van der Waals surface area contributed by atoms with Crippen LogP contribution in [0.25, 0.3) is 5.70 Å². The minimum absolute atomic E-state index is 0.152. The third-order valence-electron chi connectivity index (χ3n) is 2.23. The van der Waals surface area contributed by atoms with E-state index in [1.807, 2.05) is 19.9 Å². The van der Waals surface area contributed by atoms with Gasteiger partial charge in [-0.05, 0) is 18.2 Å². The van der Waals surface area contributed by atoms with E-state index in [4.69, 9.17) is 10.5 Å². The van der Waals surface area contributed by atoms with Gasteiger partial charge in [0, 0.05) is 18.3 Å². The number of nitrogens with zero attached hydrogens (tertiary/aromatic N) is 1. The summed E-state index contributed by atoms with van der Waals surface area (Å²) in [6.45, 7) is 5.23. The molecule has 1 aliphatic rings. The van der Waals surface area contributed by atoms with Crippen molar-refractivity contribution in [3.05, 3.63) is 34.8 Å². The summed E-state index contributed by atoms with van der Waals surface area (Å²) in [6, 6.07) is 3.38. The van der Waals surface area contributed by atoms with E-state index in [9.17, 15) is 4.79 Å². The highest BCUT2D eigenvalue weighted by molar-refractivity contribution is 5.49. The second-order valence-corrected chi connectivity index (χ2v) is 3.16. The maximum absolute atomic E-state index is 11.6. The van der Waals surface area contributed by atoms with E-state index in [2.05, 4.69) is 0 Å². The molecule has 88 valence electrons. The molecule has 4 nitrogen and oxygen atoms in total. The summed E-state index contributed by atoms with van der Waals surface area (Å²) in [5.74, 6) is 0. The number of nitrogens with two attached hydrogens (primary N) is 1. The van der Waals surface area contributed by atoms with Gasteiger partial charge in [0.2, 0.25) is 0 Å². The maximum Gasteiger partial charge on any atom is 0.277 e. The summed E-state index contributed by atoms with van der Waals surface area (Å²) >= 11 is 0. The highest BCUT2D eigenvalue weighted by atomic mass is 16.5. The van der Waals surface area contributed by atoms with Gasteiger partial charge in [-0.2, -0.15) is 0 Å². The molecule has 0 saturated heterocycles. The van der Waals surface area contributed by atoms with E-state index in [1.54, 1.807) is 22.9 Å². The average Bonchev–Trinajstić information content (AvgIpc) is 2.36. The number of hydrogen-bond acceptors (Lipinski definition) is 3. The summed E-state index contributed by atoms with van der Waals surface area (Å²) < 4.78 is 6.75. The van der Waals surface area contributed by atoms with Crippen LogP contribution in [0.4, 0.5) is 5.69 Å². The summed E-state index contributed by atoms with van der Waals surface area (Å²) in [5, 5.41) is 0. The predicted octanol–water partition coefficient (Wildman–Crippen LogP) is 1.72. The smallest absolute Gasteiger partial charge is 0.277 e. The first-order valence-corrected chi connectivity index (χ1v) is 5.53. The highest BCUT2D eigenvalue weighted by Gasteiger charge is 2.07. The quantitative estimate of drug-likeness (QED) is 0.787. The molecule has 0 aromatic carbocycles. The van der Waals surface area contributed by atoms with Crippen molar-refractivity contribution in [3.8, 4) is 0 Å². The molecular formula is C12H18N2O2. The van der Waals surface area contributed by atoms with Crippen LogP contribution in [0.1, 0.15) is 20.3 Å². The van der Waals surface area contributed by atoms with E-state index in [-0.39, 0.29) is 11.2 Å². The molecule has 0 bridgehead atoms. The van der Waals surface area contributed by atoms with Gasteiger partial charge in [-0.3, -0.25) is 9.36 Å². The molecule has 4 heteroatoms. The number of anilines is 1. The third kappa shape index (κ3) is 2.73. The maximum atomic E-state index is 11.6. The summed E-state index contributed by atoms with van der Waals surface area (Å²) in [7, 11) is 0. The Hall–Kier alpha value is -1.55.